The van der Waals surface area contributed by atoms with Crippen LogP contribution in [0.3, 0.4) is 0 Å². The molecule has 5 rings (SSSR count). The number of anilines is 1. The number of carboxylic acid groups (broad SMARTS) is 1. The molecule has 0 bridgehead atoms. The third kappa shape index (κ3) is 8.45. The van der Waals surface area contributed by atoms with Gasteiger partial charge in [-0.1, -0.05) is 42.0 Å². The molecule has 0 amide bonds. The van der Waals surface area contributed by atoms with Gasteiger partial charge in [-0.25, -0.2) is 9.78 Å². The Morgan fingerprint density at radius 2 is 1.78 bits per heavy atom. The normalized spacial score (nSPS) is 15.9. The third-order valence-corrected chi connectivity index (χ3v) is 9.14. The molecule has 2 aromatic carbocycles. The maximum absolute atomic E-state index is 12.8. The molecule has 1 aliphatic rings. The first-order chi connectivity index (χ1) is 23.7. The molecule has 4 aromatic rings. The number of hydrogen-bond acceptors (Lipinski definition) is 7. The smallest absolute Gasteiger partial charge is 0.337 e. The van der Waals surface area contributed by atoms with E-state index in [1.807, 2.05) is 58.0 Å². The van der Waals surface area contributed by atoms with Crippen molar-refractivity contribution in [2.75, 3.05) is 24.6 Å². The number of rotatable bonds is 14. The molecule has 9 nitrogen and oxygen atoms in total. The van der Waals surface area contributed by atoms with E-state index in [4.69, 9.17) is 24.3 Å². The number of hydrogen-bond donors (Lipinski definition) is 1. The molecule has 0 spiro atoms. The van der Waals surface area contributed by atoms with Gasteiger partial charge in [0.2, 0.25) is 0 Å². The van der Waals surface area contributed by atoms with E-state index in [0.29, 0.717) is 42.4 Å². The number of ether oxygens (including phenoxy) is 3. The summed E-state index contributed by atoms with van der Waals surface area (Å²) < 4.78 is 20.6. The molecule has 2 aromatic heterocycles. The molecule has 0 radical (unpaired) electrons. The van der Waals surface area contributed by atoms with Crippen LogP contribution in [-0.2, 0) is 14.3 Å². The van der Waals surface area contributed by atoms with Crippen LogP contribution in [0.5, 0.6) is 5.75 Å². The topological polar surface area (TPSA) is 98.4 Å². The van der Waals surface area contributed by atoms with E-state index in [-0.39, 0.29) is 11.7 Å². The number of aryl methyl sites for hydroxylation is 2. The molecule has 2 atom stereocenters. The highest BCUT2D eigenvalue weighted by atomic mass is 16.5. The second-order valence-corrected chi connectivity index (χ2v) is 14.6. The molecule has 50 heavy (non-hydrogen) atoms. The zero-order valence-corrected chi connectivity index (χ0v) is 30.7. The van der Waals surface area contributed by atoms with E-state index in [0.717, 1.165) is 59.4 Å². The van der Waals surface area contributed by atoms with E-state index in [2.05, 4.69) is 63.1 Å². The number of nitrogens with zero attached hydrogens (tertiary/aromatic N) is 4. The van der Waals surface area contributed by atoms with Gasteiger partial charge in [0, 0.05) is 36.0 Å². The largest absolute Gasteiger partial charge is 0.490 e. The minimum absolute atomic E-state index is 0.0381. The van der Waals surface area contributed by atoms with E-state index in [9.17, 15) is 9.90 Å². The average molecular weight is 681 g/mol. The van der Waals surface area contributed by atoms with Gasteiger partial charge in [0.15, 0.2) is 11.8 Å². The Morgan fingerprint density at radius 1 is 1.06 bits per heavy atom. The van der Waals surface area contributed by atoms with Gasteiger partial charge in [-0.15, -0.1) is 13.2 Å². The molecule has 1 saturated heterocycles. The highest BCUT2D eigenvalue weighted by molar-refractivity contribution is 5.80. The minimum Gasteiger partial charge on any atom is -0.490 e. The molecule has 0 aliphatic carbocycles. The summed E-state index contributed by atoms with van der Waals surface area (Å²) in [6.45, 7) is 23.1. The van der Waals surface area contributed by atoms with Crippen LogP contribution < -0.4 is 9.64 Å². The maximum Gasteiger partial charge on any atom is 0.337 e. The number of carbonyl (C=O) groups is 1. The monoisotopic (exact) mass is 680 g/mol. The summed E-state index contributed by atoms with van der Waals surface area (Å²) in [6, 6.07) is 16.5. The van der Waals surface area contributed by atoms with Crippen molar-refractivity contribution in [2.45, 2.75) is 97.6 Å². The quantitative estimate of drug-likeness (QED) is 0.132. The molecule has 266 valence electrons. The average Bonchev–Trinajstić information content (AvgIpc) is 3.49. The summed E-state index contributed by atoms with van der Waals surface area (Å²) in [6.07, 6.45) is 5.76. The zero-order chi connectivity index (χ0) is 36.2. The maximum atomic E-state index is 12.8. The molecule has 1 aliphatic heterocycles. The molecule has 3 heterocycles. The molecular weight excluding hydrogens is 628 g/mol. The summed E-state index contributed by atoms with van der Waals surface area (Å²) in [5.74, 6) is 0.438. The summed E-state index contributed by atoms with van der Waals surface area (Å²) >= 11 is 0. The highest BCUT2D eigenvalue weighted by Crippen LogP contribution is 2.39. The zero-order valence-electron chi connectivity index (χ0n) is 30.7. The molecule has 1 N–H and O–H groups in total. The van der Waals surface area contributed by atoms with Gasteiger partial charge in [-0.05, 0) is 97.9 Å². The lowest BCUT2D eigenvalue weighted by molar-refractivity contribution is -0.160. The van der Waals surface area contributed by atoms with Crippen molar-refractivity contribution in [3.8, 4) is 28.1 Å². The summed E-state index contributed by atoms with van der Waals surface area (Å²) in [5.41, 5.74) is 5.51. The van der Waals surface area contributed by atoms with Crippen LogP contribution in [0.1, 0.15) is 83.2 Å². The summed E-state index contributed by atoms with van der Waals surface area (Å²) in [4.78, 5) is 20.0. The first kappa shape index (κ1) is 36.8. The van der Waals surface area contributed by atoms with Crippen molar-refractivity contribution in [1.29, 1.82) is 0 Å². The van der Waals surface area contributed by atoms with Gasteiger partial charge in [-0.3, -0.25) is 0 Å². The number of benzene rings is 2. The predicted octanol–water partition coefficient (Wildman–Crippen LogP) is 8.92. The Hall–Kier alpha value is -4.47. The Morgan fingerprint density at radius 3 is 2.44 bits per heavy atom. The lowest BCUT2D eigenvalue weighted by Gasteiger charge is -2.41. The standard InChI is InChI=1S/C41H52N4O5/c1-10-12-14-28(4)49-34-18-17-27(3)24-32(34)30-15-13-16-31(25-30)33-26-35-42-29(5)36(37(39(46)47)50-40(6,7)8)38(45(35)43-33)44-21-19-41(9,20-22-44)48-23-11-2/h10-11,13,15-18,24-26,28,37H,1-2,12,14,19-23H2,3-9H3,(H,46,47). The van der Waals surface area contributed by atoms with Gasteiger partial charge in [0.25, 0.3) is 0 Å². The first-order valence-electron chi connectivity index (χ1n) is 17.5. The van der Waals surface area contributed by atoms with Gasteiger partial charge in [0.1, 0.15) is 11.6 Å². The summed E-state index contributed by atoms with van der Waals surface area (Å²) in [7, 11) is 0. The lowest BCUT2D eigenvalue weighted by Crippen LogP contribution is -2.45. The number of fused-ring (bicyclic) bond motifs is 1. The molecule has 1 fully saturated rings. The van der Waals surface area contributed by atoms with Crippen LogP contribution >= 0.6 is 0 Å². The Bertz CT molecular complexity index is 1850. The first-order valence-corrected chi connectivity index (χ1v) is 17.5. The fourth-order valence-corrected chi connectivity index (χ4v) is 6.50. The van der Waals surface area contributed by atoms with Crippen LogP contribution in [0.2, 0.25) is 0 Å². The van der Waals surface area contributed by atoms with E-state index < -0.39 is 17.7 Å². The Kier molecular flexibility index (Phi) is 11.2. The second-order valence-electron chi connectivity index (χ2n) is 14.6. The van der Waals surface area contributed by atoms with E-state index in [1.54, 1.807) is 10.6 Å². The number of carboxylic acids is 1. The van der Waals surface area contributed by atoms with E-state index in [1.165, 1.54) is 0 Å². The van der Waals surface area contributed by atoms with E-state index >= 15 is 0 Å². The van der Waals surface area contributed by atoms with Gasteiger partial charge < -0.3 is 24.2 Å². The van der Waals surface area contributed by atoms with Crippen molar-refractivity contribution in [2.24, 2.45) is 0 Å². The van der Waals surface area contributed by atoms with Gasteiger partial charge >= 0.3 is 5.97 Å². The van der Waals surface area contributed by atoms with Crippen LogP contribution in [0.25, 0.3) is 28.0 Å². The Balaban J connectivity index is 1.61. The number of piperidine rings is 1. The molecular formula is C41H52N4O5. The fraction of sp³-hybridized carbons (Fsp3) is 0.439. The number of aliphatic carboxylic acids is 1. The highest BCUT2D eigenvalue weighted by Gasteiger charge is 2.37. The lowest BCUT2D eigenvalue weighted by atomic mass is 9.92. The van der Waals surface area contributed by atoms with Crippen molar-refractivity contribution in [1.82, 2.24) is 14.6 Å². The van der Waals surface area contributed by atoms with Gasteiger partial charge in [0.05, 0.1) is 35.2 Å². The Labute approximate surface area is 296 Å². The predicted molar refractivity (Wildman–Crippen MR) is 200 cm³/mol. The second kappa shape index (κ2) is 15.2. The van der Waals surface area contributed by atoms with Crippen LogP contribution in [-0.4, -0.2) is 62.7 Å². The molecule has 0 saturated carbocycles. The fourth-order valence-electron chi connectivity index (χ4n) is 6.50. The van der Waals surface area contributed by atoms with Crippen molar-refractivity contribution in [3.63, 3.8) is 0 Å². The number of allylic oxidation sites excluding steroid dienone is 1. The van der Waals surface area contributed by atoms with Crippen molar-refractivity contribution in [3.05, 3.63) is 90.7 Å². The van der Waals surface area contributed by atoms with Crippen molar-refractivity contribution >= 4 is 17.4 Å². The van der Waals surface area contributed by atoms with Gasteiger partial charge in [-0.2, -0.15) is 9.61 Å². The van der Waals surface area contributed by atoms with Crippen LogP contribution in [0.15, 0.2) is 73.8 Å². The summed E-state index contributed by atoms with van der Waals surface area (Å²) in [5, 5.41) is 15.6. The number of aromatic nitrogens is 3. The van der Waals surface area contributed by atoms with Crippen molar-refractivity contribution < 1.29 is 24.1 Å². The van der Waals surface area contributed by atoms with Crippen LogP contribution in [0, 0.1) is 13.8 Å². The molecule has 9 heteroatoms. The third-order valence-electron chi connectivity index (χ3n) is 9.14. The SMILES string of the molecule is C=CCCC(C)Oc1ccc(C)cc1-c1cccc(-c2cc3nc(C)c(C(OC(C)(C)C)C(=O)O)c(N4CCC(C)(OCC=C)CC4)n3n2)c1. The molecule has 2 unspecified atom stereocenters. The van der Waals surface area contributed by atoms with Crippen LogP contribution in [0.4, 0.5) is 5.82 Å². The minimum atomic E-state index is -1.24.